The van der Waals surface area contributed by atoms with E-state index in [0.29, 0.717) is 60.6 Å². The molecule has 6 heterocycles. The van der Waals surface area contributed by atoms with Crippen molar-refractivity contribution in [3.8, 4) is 22.5 Å². The van der Waals surface area contributed by atoms with E-state index in [0.717, 1.165) is 49.9 Å². The number of non-ortho nitro benzene ring substituents is 1. The Morgan fingerprint density at radius 2 is 1.19 bits per heavy atom. The highest BCUT2D eigenvalue weighted by atomic mass is 19.1. The van der Waals surface area contributed by atoms with Crippen molar-refractivity contribution in [3.05, 3.63) is 95.1 Å². The molecule has 6 aromatic rings. The lowest BCUT2D eigenvalue weighted by Gasteiger charge is -2.27. The van der Waals surface area contributed by atoms with Gasteiger partial charge in [-0.2, -0.15) is 0 Å². The number of halogens is 2. The quantitative estimate of drug-likeness (QED) is 0.161. The molecule has 14 nitrogen and oxygen atoms in total. The molecule has 16 heteroatoms. The number of benzene rings is 2. The minimum absolute atomic E-state index is 0.0765. The Morgan fingerprint density at radius 1 is 0.708 bits per heavy atom. The first-order valence-electron chi connectivity index (χ1n) is 15.2. The number of nitrogens with zero attached hydrogens (tertiary/aromatic N) is 9. The standard InChI is InChI=1S/C16H14FN5O3.C16H16FN5O/c17-13-2-1-11(22(23)24)9-12(13)14-3-4-21-15(10-18-16(21)19-14)20-5-7-25-8-6-20;17-13-2-1-11(18)9-12(13)14-3-4-22-15(10-19-16(22)20-14)21-5-7-23-8-6-21/h1-4,9-10H,5-8H2;1-4,9-10H,5-8,18H2. The monoisotopic (exact) mass is 656 g/mol. The summed E-state index contributed by atoms with van der Waals surface area (Å²) in [5.41, 5.74) is 7.33. The molecule has 246 valence electrons. The highest BCUT2D eigenvalue weighted by Crippen LogP contribution is 2.28. The first-order chi connectivity index (χ1) is 23.4. The van der Waals surface area contributed by atoms with Gasteiger partial charge in [0.15, 0.2) is 0 Å². The summed E-state index contributed by atoms with van der Waals surface area (Å²) in [7, 11) is 0. The van der Waals surface area contributed by atoms with E-state index in [1.807, 2.05) is 15.0 Å². The van der Waals surface area contributed by atoms with Crippen LogP contribution in [-0.2, 0) is 9.47 Å². The fourth-order valence-electron chi connectivity index (χ4n) is 5.63. The van der Waals surface area contributed by atoms with Crippen LogP contribution in [0, 0.1) is 21.7 Å². The normalized spacial score (nSPS) is 15.0. The van der Waals surface area contributed by atoms with Gasteiger partial charge >= 0.3 is 0 Å². The van der Waals surface area contributed by atoms with Gasteiger partial charge in [0, 0.05) is 67.5 Å². The van der Waals surface area contributed by atoms with E-state index in [2.05, 4.69) is 29.7 Å². The SMILES string of the molecule is Nc1ccc(F)c(-c2ccn3c(N4CCOCC4)cnc3n2)c1.O=[N+]([O-])c1ccc(F)c(-c2ccn3c(N4CCOCC4)cnc3n2)c1. The Balaban J connectivity index is 0.000000152. The highest BCUT2D eigenvalue weighted by molar-refractivity contribution is 5.67. The van der Waals surface area contributed by atoms with Gasteiger partial charge in [-0.25, -0.2) is 28.7 Å². The molecule has 0 aliphatic carbocycles. The van der Waals surface area contributed by atoms with E-state index < -0.39 is 10.7 Å². The molecule has 0 unspecified atom stereocenters. The van der Waals surface area contributed by atoms with Crippen molar-refractivity contribution in [3.63, 3.8) is 0 Å². The van der Waals surface area contributed by atoms with Gasteiger partial charge in [-0.05, 0) is 36.4 Å². The molecule has 0 spiro atoms. The lowest BCUT2D eigenvalue weighted by Crippen LogP contribution is -2.36. The van der Waals surface area contributed by atoms with Crippen LogP contribution in [-0.4, -0.2) is 86.3 Å². The summed E-state index contributed by atoms with van der Waals surface area (Å²) >= 11 is 0. The third-order valence-corrected chi connectivity index (χ3v) is 8.09. The number of hydrogen-bond acceptors (Lipinski definition) is 11. The van der Waals surface area contributed by atoms with Crippen LogP contribution in [0.25, 0.3) is 34.1 Å². The number of hydrogen-bond donors (Lipinski definition) is 1. The van der Waals surface area contributed by atoms with Gasteiger partial charge in [-0.15, -0.1) is 0 Å². The zero-order valence-electron chi connectivity index (χ0n) is 25.6. The molecule has 4 aromatic heterocycles. The van der Waals surface area contributed by atoms with Crippen molar-refractivity contribution in [2.45, 2.75) is 0 Å². The molecule has 0 bridgehead atoms. The molecule has 2 aromatic carbocycles. The molecular weight excluding hydrogens is 626 g/mol. The molecule has 2 aliphatic heterocycles. The number of nitro groups is 1. The van der Waals surface area contributed by atoms with E-state index in [1.54, 1.807) is 36.8 Å². The fraction of sp³-hybridized carbons (Fsp3) is 0.250. The fourth-order valence-corrected chi connectivity index (χ4v) is 5.63. The maximum atomic E-state index is 14.1. The summed E-state index contributed by atoms with van der Waals surface area (Å²) in [6.45, 7) is 5.86. The average Bonchev–Trinajstić information content (AvgIpc) is 3.74. The second kappa shape index (κ2) is 13.2. The molecule has 8 rings (SSSR count). The molecule has 2 aliphatic rings. The summed E-state index contributed by atoms with van der Waals surface area (Å²) in [4.78, 5) is 32.1. The van der Waals surface area contributed by atoms with Crippen LogP contribution in [0.5, 0.6) is 0 Å². The molecule has 2 fully saturated rings. The molecule has 0 radical (unpaired) electrons. The number of morpholine rings is 2. The lowest BCUT2D eigenvalue weighted by atomic mass is 10.1. The molecule has 0 atom stereocenters. The van der Waals surface area contributed by atoms with Gasteiger partial charge in [0.25, 0.3) is 5.69 Å². The number of nitrogens with two attached hydrogens (primary N) is 1. The van der Waals surface area contributed by atoms with Gasteiger partial charge in [0.1, 0.15) is 23.3 Å². The van der Waals surface area contributed by atoms with Gasteiger partial charge in [0.05, 0.1) is 55.1 Å². The Kier molecular flexibility index (Phi) is 8.48. The van der Waals surface area contributed by atoms with Gasteiger partial charge in [-0.1, -0.05) is 0 Å². The smallest absolute Gasteiger partial charge is 0.270 e. The summed E-state index contributed by atoms with van der Waals surface area (Å²) in [5, 5.41) is 10.9. The molecule has 2 N–H and O–H groups in total. The van der Waals surface area contributed by atoms with E-state index in [1.165, 1.54) is 18.2 Å². The van der Waals surface area contributed by atoms with Crippen LogP contribution in [0.3, 0.4) is 0 Å². The van der Waals surface area contributed by atoms with Crippen molar-refractivity contribution in [1.29, 1.82) is 0 Å². The Bertz CT molecular complexity index is 2110. The largest absolute Gasteiger partial charge is 0.399 e. The van der Waals surface area contributed by atoms with E-state index in [4.69, 9.17) is 15.2 Å². The van der Waals surface area contributed by atoms with Crippen molar-refractivity contribution < 1.29 is 23.2 Å². The number of ether oxygens (including phenoxy) is 2. The van der Waals surface area contributed by atoms with Gasteiger partial charge in [0.2, 0.25) is 11.6 Å². The van der Waals surface area contributed by atoms with Gasteiger partial charge in [-0.3, -0.25) is 18.9 Å². The number of rotatable bonds is 5. The summed E-state index contributed by atoms with van der Waals surface area (Å²) < 4.78 is 42.5. The van der Waals surface area contributed by atoms with Crippen molar-refractivity contribution >= 4 is 34.6 Å². The van der Waals surface area contributed by atoms with E-state index in [9.17, 15) is 18.9 Å². The lowest BCUT2D eigenvalue weighted by molar-refractivity contribution is -0.384. The van der Waals surface area contributed by atoms with Crippen LogP contribution in [0.2, 0.25) is 0 Å². The number of aromatic nitrogens is 6. The first kappa shape index (κ1) is 30.9. The summed E-state index contributed by atoms with van der Waals surface area (Å²) in [6.07, 6.45) is 7.10. The van der Waals surface area contributed by atoms with Crippen LogP contribution in [0.4, 0.5) is 31.8 Å². The Morgan fingerprint density at radius 3 is 1.69 bits per heavy atom. The third-order valence-electron chi connectivity index (χ3n) is 8.09. The average molecular weight is 657 g/mol. The van der Waals surface area contributed by atoms with Crippen molar-refractivity contribution in [1.82, 2.24) is 28.7 Å². The highest BCUT2D eigenvalue weighted by Gasteiger charge is 2.19. The van der Waals surface area contributed by atoms with Crippen LogP contribution < -0.4 is 15.5 Å². The predicted molar refractivity (Wildman–Crippen MR) is 174 cm³/mol. The predicted octanol–water partition coefficient (Wildman–Crippen LogP) is 4.23. The summed E-state index contributed by atoms with van der Waals surface area (Å²) in [5.74, 6) is 1.88. The number of imidazole rings is 2. The molecule has 2 saturated heterocycles. The van der Waals surface area contributed by atoms with Crippen LogP contribution in [0.15, 0.2) is 73.3 Å². The molecular formula is C32H30F2N10O4. The molecule has 0 saturated carbocycles. The first-order valence-corrected chi connectivity index (χ1v) is 15.2. The van der Waals surface area contributed by atoms with E-state index >= 15 is 0 Å². The maximum absolute atomic E-state index is 14.1. The number of fused-ring (bicyclic) bond motifs is 2. The third kappa shape index (κ3) is 6.17. The second-order valence-electron chi connectivity index (χ2n) is 11.1. The van der Waals surface area contributed by atoms with Crippen molar-refractivity contribution in [2.24, 2.45) is 0 Å². The number of nitro benzene ring substituents is 1. The van der Waals surface area contributed by atoms with Crippen molar-refractivity contribution in [2.75, 3.05) is 68.1 Å². The zero-order chi connectivity index (χ0) is 33.2. The summed E-state index contributed by atoms with van der Waals surface area (Å²) in [6, 6.07) is 11.2. The number of anilines is 3. The second-order valence-corrected chi connectivity index (χ2v) is 11.1. The topological polar surface area (TPSA) is 154 Å². The molecule has 0 amide bonds. The van der Waals surface area contributed by atoms with E-state index in [-0.39, 0.29) is 17.1 Å². The number of nitrogen functional groups attached to an aromatic ring is 1. The molecule has 48 heavy (non-hydrogen) atoms. The van der Waals surface area contributed by atoms with Gasteiger partial charge < -0.3 is 25.0 Å². The minimum Gasteiger partial charge on any atom is -0.399 e. The Hall–Kier alpha value is -5.74. The van der Waals surface area contributed by atoms with Crippen LogP contribution in [0.1, 0.15) is 0 Å². The minimum atomic E-state index is -0.567. The Labute approximate surface area is 272 Å². The van der Waals surface area contributed by atoms with Crippen LogP contribution >= 0.6 is 0 Å². The maximum Gasteiger partial charge on any atom is 0.270 e. The zero-order valence-corrected chi connectivity index (χ0v) is 25.6.